The summed E-state index contributed by atoms with van der Waals surface area (Å²) in [7, 11) is 0. The Morgan fingerprint density at radius 1 is 1.26 bits per heavy atom. The van der Waals surface area contributed by atoms with E-state index in [0.29, 0.717) is 6.61 Å². The van der Waals surface area contributed by atoms with Crippen molar-refractivity contribution in [2.45, 2.75) is 40.3 Å². The highest BCUT2D eigenvalue weighted by Crippen LogP contribution is 2.25. The second-order valence-corrected chi connectivity index (χ2v) is 4.66. The molecule has 5 heteroatoms. The van der Waals surface area contributed by atoms with Crippen molar-refractivity contribution in [1.82, 2.24) is 14.8 Å². The third kappa shape index (κ3) is 3.05. The maximum atomic E-state index is 5.90. The topological polar surface area (TPSA) is 66.0 Å². The molecule has 0 amide bonds. The van der Waals surface area contributed by atoms with Gasteiger partial charge in [0.05, 0.1) is 0 Å². The zero-order chi connectivity index (χ0) is 13.8. The molecular formula is C14H20N4O. The summed E-state index contributed by atoms with van der Waals surface area (Å²) >= 11 is 0. The number of nitrogen functional groups attached to an aromatic ring is 1. The highest BCUT2D eigenvalue weighted by Gasteiger charge is 2.07. The average Bonchev–Trinajstić information content (AvgIpc) is 2.80. The van der Waals surface area contributed by atoms with E-state index in [1.54, 1.807) is 6.33 Å². The molecule has 0 radical (unpaired) electrons. The largest absolute Gasteiger partial charge is 0.485 e. The lowest BCUT2D eigenvalue weighted by Gasteiger charge is -2.11. The van der Waals surface area contributed by atoms with Gasteiger partial charge in [-0.1, -0.05) is 13.0 Å². The number of aryl methyl sites for hydroxylation is 3. The highest BCUT2D eigenvalue weighted by atomic mass is 16.5. The number of aromatic nitrogens is 3. The molecule has 0 atom stereocenters. The first-order valence-electron chi connectivity index (χ1n) is 6.48. The van der Waals surface area contributed by atoms with Crippen LogP contribution < -0.4 is 10.5 Å². The number of nitrogens with two attached hydrogens (primary N) is 1. The summed E-state index contributed by atoms with van der Waals surface area (Å²) in [4.78, 5) is 4.22. The van der Waals surface area contributed by atoms with E-state index in [1.165, 1.54) is 0 Å². The molecule has 0 aliphatic heterocycles. The summed E-state index contributed by atoms with van der Waals surface area (Å²) in [5.41, 5.74) is 8.79. The number of hydrogen-bond donors (Lipinski definition) is 1. The van der Waals surface area contributed by atoms with Gasteiger partial charge in [-0.15, -0.1) is 0 Å². The van der Waals surface area contributed by atoms with Crippen LogP contribution in [0.5, 0.6) is 5.75 Å². The lowest BCUT2D eigenvalue weighted by molar-refractivity contribution is 0.284. The number of hydrogen-bond acceptors (Lipinski definition) is 4. The first-order chi connectivity index (χ1) is 9.11. The van der Waals surface area contributed by atoms with E-state index in [-0.39, 0.29) is 0 Å². The smallest absolute Gasteiger partial charge is 0.164 e. The number of benzene rings is 1. The number of rotatable bonds is 5. The number of ether oxygens (including phenoxy) is 1. The van der Waals surface area contributed by atoms with Crippen LogP contribution in [0, 0.1) is 13.8 Å². The fourth-order valence-electron chi connectivity index (χ4n) is 1.94. The van der Waals surface area contributed by atoms with Gasteiger partial charge in [-0.25, -0.2) is 9.67 Å². The molecule has 5 nitrogen and oxygen atoms in total. The quantitative estimate of drug-likeness (QED) is 0.839. The highest BCUT2D eigenvalue weighted by molar-refractivity contribution is 5.54. The van der Waals surface area contributed by atoms with Gasteiger partial charge in [0, 0.05) is 18.3 Å². The lowest BCUT2D eigenvalue weighted by Crippen LogP contribution is -2.09. The Kier molecular flexibility index (Phi) is 4.04. The van der Waals surface area contributed by atoms with Crippen molar-refractivity contribution in [1.29, 1.82) is 0 Å². The standard InChI is InChI=1S/C14H20N4O/c1-4-5-18-14(16-9-17-18)8-19-13-7-12(15)10(2)6-11(13)3/h6-7,9H,4-5,8,15H2,1-3H3. The molecule has 0 aliphatic rings. The maximum absolute atomic E-state index is 5.90. The van der Waals surface area contributed by atoms with E-state index in [2.05, 4.69) is 17.0 Å². The third-order valence-electron chi connectivity index (χ3n) is 3.05. The second kappa shape index (κ2) is 5.73. The minimum Gasteiger partial charge on any atom is -0.485 e. The molecule has 0 bridgehead atoms. The molecule has 0 saturated carbocycles. The molecule has 2 rings (SSSR count). The van der Waals surface area contributed by atoms with Gasteiger partial charge in [-0.3, -0.25) is 0 Å². The second-order valence-electron chi connectivity index (χ2n) is 4.66. The van der Waals surface area contributed by atoms with Gasteiger partial charge in [0.1, 0.15) is 18.7 Å². The van der Waals surface area contributed by atoms with Crippen LogP contribution in [0.3, 0.4) is 0 Å². The Labute approximate surface area is 113 Å². The molecule has 102 valence electrons. The molecule has 19 heavy (non-hydrogen) atoms. The van der Waals surface area contributed by atoms with Crippen LogP contribution in [0.25, 0.3) is 0 Å². The predicted molar refractivity (Wildman–Crippen MR) is 75.0 cm³/mol. The van der Waals surface area contributed by atoms with Crippen molar-refractivity contribution in [3.05, 3.63) is 35.4 Å². The fraction of sp³-hybridized carbons (Fsp3) is 0.429. The van der Waals surface area contributed by atoms with Gasteiger partial charge in [0.15, 0.2) is 5.82 Å². The fourth-order valence-corrected chi connectivity index (χ4v) is 1.94. The van der Waals surface area contributed by atoms with Crippen molar-refractivity contribution < 1.29 is 4.74 Å². The van der Waals surface area contributed by atoms with Crippen LogP contribution in [0.4, 0.5) is 5.69 Å². The van der Waals surface area contributed by atoms with Crippen LogP contribution in [-0.2, 0) is 13.2 Å². The average molecular weight is 260 g/mol. The van der Waals surface area contributed by atoms with E-state index in [9.17, 15) is 0 Å². The Bertz CT molecular complexity index is 563. The molecule has 1 heterocycles. The molecule has 1 aromatic carbocycles. The Morgan fingerprint density at radius 2 is 2.05 bits per heavy atom. The molecule has 0 unspecified atom stereocenters. The van der Waals surface area contributed by atoms with E-state index in [0.717, 1.165) is 41.4 Å². The minimum absolute atomic E-state index is 0.406. The van der Waals surface area contributed by atoms with Crippen molar-refractivity contribution >= 4 is 5.69 Å². The van der Waals surface area contributed by atoms with Crippen LogP contribution in [0.15, 0.2) is 18.5 Å². The van der Waals surface area contributed by atoms with E-state index < -0.39 is 0 Å². The van der Waals surface area contributed by atoms with Crippen molar-refractivity contribution in [2.75, 3.05) is 5.73 Å². The van der Waals surface area contributed by atoms with E-state index >= 15 is 0 Å². The SMILES string of the molecule is CCCn1ncnc1COc1cc(N)c(C)cc1C. The van der Waals surface area contributed by atoms with Gasteiger partial charge < -0.3 is 10.5 Å². The molecule has 0 aliphatic carbocycles. The van der Waals surface area contributed by atoms with Gasteiger partial charge in [0.25, 0.3) is 0 Å². The van der Waals surface area contributed by atoms with Gasteiger partial charge in [0.2, 0.25) is 0 Å². The molecule has 0 spiro atoms. The molecule has 2 aromatic rings. The Balaban J connectivity index is 2.10. The van der Waals surface area contributed by atoms with Gasteiger partial charge >= 0.3 is 0 Å². The minimum atomic E-state index is 0.406. The molecule has 2 N–H and O–H groups in total. The zero-order valence-electron chi connectivity index (χ0n) is 11.7. The van der Waals surface area contributed by atoms with Crippen LogP contribution in [0.1, 0.15) is 30.3 Å². The number of anilines is 1. The summed E-state index contributed by atoms with van der Waals surface area (Å²) in [6.07, 6.45) is 2.58. The molecular weight excluding hydrogens is 240 g/mol. The Hall–Kier alpha value is -2.04. The zero-order valence-corrected chi connectivity index (χ0v) is 11.7. The van der Waals surface area contributed by atoms with E-state index in [1.807, 2.05) is 30.7 Å². The van der Waals surface area contributed by atoms with E-state index in [4.69, 9.17) is 10.5 Å². The lowest BCUT2D eigenvalue weighted by atomic mass is 10.1. The monoisotopic (exact) mass is 260 g/mol. The van der Waals surface area contributed by atoms with Crippen molar-refractivity contribution in [3.63, 3.8) is 0 Å². The van der Waals surface area contributed by atoms with Crippen LogP contribution >= 0.6 is 0 Å². The van der Waals surface area contributed by atoms with Crippen molar-refractivity contribution in [3.8, 4) is 5.75 Å². The predicted octanol–water partition coefficient (Wildman–Crippen LogP) is 2.47. The van der Waals surface area contributed by atoms with Crippen LogP contribution in [-0.4, -0.2) is 14.8 Å². The Morgan fingerprint density at radius 3 is 2.79 bits per heavy atom. The summed E-state index contributed by atoms with van der Waals surface area (Å²) in [5, 5.41) is 4.17. The van der Waals surface area contributed by atoms with Crippen molar-refractivity contribution in [2.24, 2.45) is 0 Å². The molecule has 0 fully saturated rings. The maximum Gasteiger partial charge on any atom is 0.164 e. The first-order valence-corrected chi connectivity index (χ1v) is 6.48. The summed E-state index contributed by atoms with van der Waals surface area (Å²) in [5.74, 6) is 1.63. The summed E-state index contributed by atoms with van der Waals surface area (Å²) in [6, 6.07) is 3.90. The summed E-state index contributed by atoms with van der Waals surface area (Å²) in [6.45, 7) is 7.37. The summed E-state index contributed by atoms with van der Waals surface area (Å²) < 4.78 is 7.67. The normalized spacial score (nSPS) is 10.7. The van der Waals surface area contributed by atoms with Crippen LogP contribution in [0.2, 0.25) is 0 Å². The third-order valence-corrected chi connectivity index (χ3v) is 3.05. The first kappa shape index (κ1) is 13.4. The van der Waals surface area contributed by atoms with Gasteiger partial charge in [-0.2, -0.15) is 5.10 Å². The van der Waals surface area contributed by atoms with Gasteiger partial charge in [-0.05, 0) is 31.4 Å². The molecule has 1 aromatic heterocycles. The molecule has 0 saturated heterocycles. The number of nitrogens with zero attached hydrogens (tertiary/aromatic N) is 3.